The average Bonchev–Trinajstić information content (AvgIpc) is 2.75. The number of hydrogen-bond acceptors (Lipinski definition) is 4. The third kappa shape index (κ3) is 6.71. The minimum Gasteiger partial charge on any atom is -0.497 e. The van der Waals surface area contributed by atoms with Crippen molar-refractivity contribution in [3.05, 3.63) is 92.4 Å². The summed E-state index contributed by atoms with van der Waals surface area (Å²) in [5.41, 5.74) is 5.34. The van der Waals surface area contributed by atoms with Gasteiger partial charge in [0.15, 0.2) is 0 Å². The predicted octanol–water partition coefficient (Wildman–Crippen LogP) is 5.49. The molecule has 0 saturated carbocycles. The molecule has 0 aliphatic heterocycles. The van der Waals surface area contributed by atoms with Gasteiger partial charge in [0.2, 0.25) is 5.91 Å². The van der Waals surface area contributed by atoms with Gasteiger partial charge in [0.05, 0.1) is 24.2 Å². The number of hydrogen-bond donors (Lipinski definition) is 1. The number of carbonyl (C=O) groups is 1. The minimum absolute atomic E-state index is 0.190. The largest absolute Gasteiger partial charge is 0.497 e. The van der Waals surface area contributed by atoms with Crippen molar-refractivity contribution >= 4 is 44.0 Å². The quantitative estimate of drug-likeness (QED) is 0.309. The summed E-state index contributed by atoms with van der Waals surface area (Å²) < 4.78 is 12.8. The summed E-state index contributed by atoms with van der Waals surface area (Å²) >= 11 is 6.94. The first kappa shape index (κ1) is 22.1. The lowest BCUT2D eigenvalue weighted by molar-refractivity contribution is -0.120. The van der Waals surface area contributed by atoms with E-state index < -0.39 is 0 Å². The third-order valence-electron chi connectivity index (χ3n) is 4.19. The molecule has 0 unspecified atom stereocenters. The van der Waals surface area contributed by atoms with Gasteiger partial charge in [-0.2, -0.15) is 5.10 Å². The molecule has 3 rings (SSSR count). The summed E-state index contributed by atoms with van der Waals surface area (Å²) in [7, 11) is 1.61. The van der Waals surface area contributed by atoms with E-state index in [9.17, 15) is 4.79 Å². The predicted molar refractivity (Wildman–Crippen MR) is 125 cm³/mol. The Morgan fingerprint density at radius 1 is 1.00 bits per heavy atom. The molecule has 0 fully saturated rings. The average molecular weight is 532 g/mol. The molecule has 5 nitrogen and oxygen atoms in total. The summed E-state index contributed by atoms with van der Waals surface area (Å²) in [4.78, 5) is 12.0. The van der Waals surface area contributed by atoms with Crippen LogP contribution in [0.1, 0.15) is 16.7 Å². The van der Waals surface area contributed by atoms with Crippen molar-refractivity contribution in [1.29, 1.82) is 0 Å². The van der Waals surface area contributed by atoms with Gasteiger partial charge in [0.25, 0.3) is 0 Å². The zero-order valence-corrected chi connectivity index (χ0v) is 19.4. The Bertz CT molecular complexity index is 1020. The van der Waals surface area contributed by atoms with Crippen LogP contribution < -0.4 is 14.9 Å². The fourth-order valence-electron chi connectivity index (χ4n) is 2.60. The molecule has 3 aromatic carbocycles. The first-order valence-electron chi connectivity index (χ1n) is 9.15. The van der Waals surface area contributed by atoms with E-state index in [0.717, 1.165) is 37.1 Å². The van der Waals surface area contributed by atoms with Crippen LogP contribution in [0.25, 0.3) is 0 Å². The highest BCUT2D eigenvalue weighted by Gasteiger charge is 2.04. The van der Waals surface area contributed by atoms with E-state index in [1.165, 1.54) is 0 Å². The van der Waals surface area contributed by atoms with Gasteiger partial charge in [-0.3, -0.25) is 4.79 Å². The Kier molecular flexibility index (Phi) is 8.04. The van der Waals surface area contributed by atoms with Crippen LogP contribution >= 0.6 is 31.9 Å². The van der Waals surface area contributed by atoms with Crippen LogP contribution in [-0.4, -0.2) is 19.2 Å². The van der Waals surface area contributed by atoms with Crippen molar-refractivity contribution in [2.24, 2.45) is 5.10 Å². The second-order valence-electron chi connectivity index (χ2n) is 6.42. The Hall–Kier alpha value is -2.64. The third-order valence-corrected chi connectivity index (χ3v) is 5.34. The lowest BCUT2D eigenvalue weighted by Crippen LogP contribution is -2.19. The van der Waals surface area contributed by atoms with Crippen LogP contribution in [0.5, 0.6) is 11.5 Å². The summed E-state index contributed by atoms with van der Waals surface area (Å²) in [6, 6.07) is 21.0. The highest BCUT2D eigenvalue weighted by molar-refractivity contribution is 9.10. The molecule has 0 spiro atoms. The molecule has 0 atom stereocenters. The molecule has 0 aromatic heterocycles. The van der Waals surface area contributed by atoms with Gasteiger partial charge in [-0.25, -0.2) is 5.43 Å². The van der Waals surface area contributed by atoms with E-state index >= 15 is 0 Å². The van der Waals surface area contributed by atoms with E-state index in [1.807, 2.05) is 66.7 Å². The molecular formula is C23H20Br2N2O3. The van der Waals surface area contributed by atoms with Crippen molar-refractivity contribution in [1.82, 2.24) is 5.43 Å². The molecule has 0 radical (unpaired) electrons. The first-order chi connectivity index (χ1) is 14.5. The van der Waals surface area contributed by atoms with E-state index in [2.05, 4.69) is 42.4 Å². The summed E-state index contributed by atoms with van der Waals surface area (Å²) in [6.45, 7) is 0.473. The standard InChI is InChI=1S/C23H20Br2N2O3/c1-29-20-9-4-16(5-10-20)13-23(28)27-26-14-18-6-11-22(21(25)12-18)30-15-17-2-7-19(24)8-3-17/h2-12,14H,13,15H2,1H3,(H,27,28)/b26-14-. The van der Waals surface area contributed by atoms with E-state index in [-0.39, 0.29) is 12.3 Å². The second kappa shape index (κ2) is 10.9. The molecule has 154 valence electrons. The van der Waals surface area contributed by atoms with Gasteiger partial charge in [-0.05, 0) is 75.1 Å². The van der Waals surface area contributed by atoms with Crippen molar-refractivity contribution in [2.45, 2.75) is 13.0 Å². The topological polar surface area (TPSA) is 59.9 Å². The lowest BCUT2D eigenvalue weighted by Gasteiger charge is -2.09. The second-order valence-corrected chi connectivity index (χ2v) is 8.19. The van der Waals surface area contributed by atoms with Crippen LogP contribution in [0.2, 0.25) is 0 Å². The Morgan fingerprint density at radius 3 is 2.37 bits per heavy atom. The number of ether oxygens (including phenoxy) is 2. The Balaban J connectivity index is 1.50. The number of benzene rings is 3. The van der Waals surface area contributed by atoms with E-state index in [4.69, 9.17) is 9.47 Å². The summed E-state index contributed by atoms with van der Waals surface area (Å²) in [5.74, 6) is 1.30. The van der Waals surface area contributed by atoms with Gasteiger partial charge in [-0.1, -0.05) is 40.2 Å². The number of nitrogens with zero attached hydrogens (tertiary/aromatic N) is 1. The fraction of sp³-hybridized carbons (Fsp3) is 0.130. The van der Waals surface area contributed by atoms with Crippen LogP contribution in [0.15, 0.2) is 80.8 Å². The zero-order valence-electron chi connectivity index (χ0n) is 16.3. The van der Waals surface area contributed by atoms with Crippen LogP contribution in [-0.2, 0) is 17.8 Å². The van der Waals surface area contributed by atoms with Crippen LogP contribution in [0, 0.1) is 0 Å². The smallest absolute Gasteiger partial charge is 0.244 e. The highest BCUT2D eigenvalue weighted by atomic mass is 79.9. The number of rotatable bonds is 8. The van der Waals surface area contributed by atoms with Crippen LogP contribution in [0.4, 0.5) is 0 Å². The number of hydrazone groups is 1. The van der Waals surface area contributed by atoms with E-state index in [0.29, 0.717) is 6.61 Å². The van der Waals surface area contributed by atoms with Gasteiger partial charge in [-0.15, -0.1) is 0 Å². The molecule has 30 heavy (non-hydrogen) atoms. The maximum Gasteiger partial charge on any atom is 0.244 e. The first-order valence-corrected chi connectivity index (χ1v) is 10.7. The molecule has 7 heteroatoms. The van der Waals surface area contributed by atoms with Gasteiger partial charge in [0.1, 0.15) is 18.1 Å². The molecule has 1 N–H and O–H groups in total. The summed E-state index contributed by atoms with van der Waals surface area (Å²) in [5, 5.41) is 4.03. The lowest BCUT2D eigenvalue weighted by atomic mass is 10.1. The number of amides is 1. The maximum atomic E-state index is 12.0. The Labute approximate surface area is 192 Å². The highest BCUT2D eigenvalue weighted by Crippen LogP contribution is 2.26. The van der Waals surface area contributed by atoms with Crippen molar-refractivity contribution in [3.8, 4) is 11.5 Å². The van der Waals surface area contributed by atoms with Crippen molar-refractivity contribution in [2.75, 3.05) is 7.11 Å². The number of nitrogens with one attached hydrogen (secondary N) is 1. The molecule has 0 aliphatic carbocycles. The van der Waals surface area contributed by atoms with E-state index in [1.54, 1.807) is 13.3 Å². The van der Waals surface area contributed by atoms with Gasteiger partial charge < -0.3 is 9.47 Å². The molecule has 3 aromatic rings. The van der Waals surface area contributed by atoms with Crippen LogP contribution in [0.3, 0.4) is 0 Å². The fourth-order valence-corrected chi connectivity index (χ4v) is 3.38. The maximum absolute atomic E-state index is 12.0. The Morgan fingerprint density at radius 2 is 1.70 bits per heavy atom. The molecular weight excluding hydrogens is 512 g/mol. The summed E-state index contributed by atoms with van der Waals surface area (Å²) in [6.07, 6.45) is 1.84. The molecule has 0 aliphatic rings. The minimum atomic E-state index is -0.190. The molecule has 1 amide bonds. The molecule has 0 saturated heterocycles. The van der Waals surface area contributed by atoms with Crippen molar-refractivity contribution in [3.63, 3.8) is 0 Å². The SMILES string of the molecule is COc1ccc(CC(=O)N/N=C\c2ccc(OCc3ccc(Br)cc3)c(Br)c2)cc1. The van der Waals surface area contributed by atoms with Gasteiger partial charge in [0, 0.05) is 4.47 Å². The number of carbonyl (C=O) groups excluding carboxylic acids is 1. The van der Waals surface area contributed by atoms with Crippen molar-refractivity contribution < 1.29 is 14.3 Å². The number of halogens is 2. The van der Waals surface area contributed by atoms with Gasteiger partial charge >= 0.3 is 0 Å². The normalized spacial score (nSPS) is 10.8. The monoisotopic (exact) mass is 530 g/mol. The number of methoxy groups -OCH3 is 1. The zero-order chi connectivity index (χ0) is 21.3. The molecule has 0 heterocycles. The molecule has 0 bridgehead atoms.